The normalized spacial score (nSPS) is 10.9. The lowest BCUT2D eigenvalue weighted by Gasteiger charge is -2.08. The SMILES string of the molecule is CCCCCCCCCCCCCCCCCC(=O)Oc1cc(O)cc(OCC)c1. The van der Waals surface area contributed by atoms with Crippen LogP contribution in [0.2, 0.25) is 0 Å². The number of hydrogen-bond donors (Lipinski definition) is 1. The second kappa shape index (κ2) is 18.1. The zero-order valence-corrected chi connectivity index (χ0v) is 19.4. The maximum atomic E-state index is 12.0. The first-order valence-corrected chi connectivity index (χ1v) is 12.3. The molecule has 0 amide bonds. The van der Waals surface area contributed by atoms with Gasteiger partial charge in [0.1, 0.15) is 17.2 Å². The van der Waals surface area contributed by atoms with Crippen molar-refractivity contribution < 1.29 is 19.4 Å². The van der Waals surface area contributed by atoms with E-state index >= 15 is 0 Å². The van der Waals surface area contributed by atoms with Crippen LogP contribution in [0.15, 0.2) is 18.2 Å². The number of phenolic OH excluding ortho intramolecular Hbond substituents is 1. The second-order valence-electron chi connectivity index (χ2n) is 8.27. The summed E-state index contributed by atoms with van der Waals surface area (Å²) in [5, 5.41) is 9.68. The zero-order chi connectivity index (χ0) is 21.9. The van der Waals surface area contributed by atoms with Crippen LogP contribution in [0.4, 0.5) is 0 Å². The number of carbonyl (C=O) groups is 1. The van der Waals surface area contributed by atoms with Crippen LogP contribution in [0, 0.1) is 0 Å². The fourth-order valence-corrected chi connectivity index (χ4v) is 3.69. The Morgan fingerprint density at radius 2 is 1.17 bits per heavy atom. The van der Waals surface area contributed by atoms with Crippen LogP contribution in [-0.2, 0) is 4.79 Å². The lowest BCUT2D eigenvalue weighted by Crippen LogP contribution is -2.07. The molecule has 0 bridgehead atoms. The molecule has 0 fully saturated rings. The first kappa shape index (κ1) is 26.3. The molecule has 172 valence electrons. The van der Waals surface area contributed by atoms with Gasteiger partial charge in [0, 0.05) is 24.6 Å². The van der Waals surface area contributed by atoms with Gasteiger partial charge in [0.2, 0.25) is 0 Å². The summed E-state index contributed by atoms with van der Waals surface area (Å²) in [6.07, 6.45) is 20.0. The summed E-state index contributed by atoms with van der Waals surface area (Å²) in [7, 11) is 0. The molecule has 4 nitrogen and oxygen atoms in total. The summed E-state index contributed by atoms with van der Waals surface area (Å²) in [5.74, 6) is 0.630. The average molecular weight is 421 g/mol. The van der Waals surface area contributed by atoms with E-state index < -0.39 is 0 Å². The number of rotatable bonds is 19. The Morgan fingerprint density at radius 3 is 1.67 bits per heavy atom. The quantitative estimate of drug-likeness (QED) is 0.140. The molecule has 0 saturated carbocycles. The first-order valence-electron chi connectivity index (χ1n) is 12.3. The van der Waals surface area contributed by atoms with Gasteiger partial charge in [-0.05, 0) is 13.3 Å². The Bertz CT molecular complexity index is 556. The lowest BCUT2D eigenvalue weighted by atomic mass is 10.0. The summed E-state index contributed by atoms with van der Waals surface area (Å²) in [5.41, 5.74) is 0. The molecule has 0 atom stereocenters. The maximum absolute atomic E-state index is 12.0. The Morgan fingerprint density at radius 1 is 0.700 bits per heavy atom. The molecule has 0 spiro atoms. The van der Waals surface area contributed by atoms with E-state index in [1.165, 1.54) is 95.6 Å². The Balaban J connectivity index is 1.94. The third kappa shape index (κ3) is 14.3. The highest BCUT2D eigenvalue weighted by Gasteiger charge is 2.08. The Kier molecular flexibility index (Phi) is 15.9. The smallest absolute Gasteiger partial charge is 0.311 e. The number of aromatic hydroxyl groups is 1. The van der Waals surface area contributed by atoms with Crippen molar-refractivity contribution in [2.45, 2.75) is 117 Å². The summed E-state index contributed by atoms with van der Waals surface area (Å²) in [6.45, 7) is 4.63. The fraction of sp³-hybridized carbons (Fsp3) is 0.731. The van der Waals surface area contributed by atoms with Crippen molar-refractivity contribution in [1.82, 2.24) is 0 Å². The number of phenols is 1. The largest absolute Gasteiger partial charge is 0.508 e. The van der Waals surface area contributed by atoms with Gasteiger partial charge in [0.05, 0.1) is 6.61 Å². The molecule has 0 unspecified atom stereocenters. The highest BCUT2D eigenvalue weighted by Crippen LogP contribution is 2.27. The van der Waals surface area contributed by atoms with Crippen molar-refractivity contribution in [3.8, 4) is 17.2 Å². The van der Waals surface area contributed by atoms with E-state index in [2.05, 4.69) is 6.92 Å². The van der Waals surface area contributed by atoms with Gasteiger partial charge >= 0.3 is 5.97 Å². The molecule has 1 rings (SSSR count). The summed E-state index contributed by atoms with van der Waals surface area (Å²) in [4.78, 5) is 12.0. The molecule has 30 heavy (non-hydrogen) atoms. The third-order valence-corrected chi connectivity index (χ3v) is 5.39. The highest BCUT2D eigenvalue weighted by molar-refractivity contribution is 5.72. The van der Waals surface area contributed by atoms with Crippen molar-refractivity contribution in [1.29, 1.82) is 0 Å². The molecule has 1 N–H and O–H groups in total. The maximum Gasteiger partial charge on any atom is 0.311 e. The average Bonchev–Trinajstić information content (AvgIpc) is 2.70. The van der Waals surface area contributed by atoms with Crippen LogP contribution in [0.25, 0.3) is 0 Å². The topological polar surface area (TPSA) is 55.8 Å². The van der Waals surface area contributed by atoms with Crippen LogP contribution in [0.1, 0.15) is 117 Å². The van der Waals surface area contributed by atoms with Crippen LogP contribution in [0.3, 0.4) is 0 Å². The van der Waals surface area contributed by atoms with Gasteiger partial charge in [-0.25, -0.2) is 0 Å². The molecular weight excluding hydrogens is 376 g/mol. The monoisotopic (exact) mass is 420 g/mol. The predicted octanol–water partition coefficient (Wildman–Crippen LogP) is 7.96. The van der Waals surface area contributed by atoms with Gasteiger partial charge in [-0.3, -0.25) is 4.79 Å². The van der Waals surface area contributed by atoms with Gasteiger partial charge in [0.25, 0.3) is 0 Å². The van der Waals surface area contributed by atoms with Crippen molar-refractivity contribution in [2.75, 3.05) is 6.61 Å². The van der Waals surface area contributed by atoms with Gasteiger partial charge in [0.15, 0.2) is 0 Å². The van der Waals surface area contributed by atoms with Crippen LogP contribution in [-0.4, -0.2) is 17.7 Å². The third-order valence-electron chi connectivity index (χ3n) is 5.39. The number of unbranched alkanes of at least 4 members (excludes halogenated alkanes) is 14. The molecule has 0 aliphatic carbocycles. The molecular formula is C26H44O4. The molecule has 0 aromatic heterocycles. The standard InChI is InChI=1S/C26H44O4/c1-3-5-6-7-8-9-10-11-12-13-14-15-16-17-18-19-26(28)30-25-21-23(27)20-24(22-25)29-4-2/h20-22,27H,3-19H2,1-2H3. The predicted molar refractivity (Wildman–Crippen MR) is 124 cm³/mol. The van der Waals surface area contributed by atoms with E-state index in [0.29, 0.717) is 24.5 Å². The Hall–Kier alpha value is -1.71. The molecule has 0 aliphatic rings. The van der Waals surface area contributed by atoms with Crippen molar-refractivity contribution in [2.24, 2.45) is 0 Å². The number of esters is 1. The highest BCUT2D eigenvalue weighted by atomic mass is 16.5. The molecule has 0 radical (unpaired) electrons. The van der Waals surface area contributed by atoms with Crippen LogP contribution in [0.5, 0.6) is 17.2 Å². The zero-order valence-electron chi connectivity index (χ0n) is 19.4. The molecule has 1 aromatic carbocycles. The van der Waals surface area contributed by atoms with E-state index in [0.717, 1.165) is 12.8 Å². The van der Waals surface area contributed by atoms with Crippen LogP contribution < -0.4 is 9.47 Å². The van der Waals surface area contributed by atoms with Gasteiger partial charge < -0.3 is 14.6 Å². The van der Waals surface area contributed by atoms with Gasteiger partial charge in [-0.15, -0.1) is 0 Å². The van der Waals surface area contributed by atoms with E-state index in [1.807, 2.05) is 6.92 Å². The van der Waals surface area contributed by atoms with E-state index in [-0.39, 0.29) is 11.7 Å². The lowest BCUT2D eigenvalue weighted by molar-refractivity contribution is -0.134. The molecule has 4 heteroatoms. The number of hydrogen-bond acceptors (Lipinski definition) is 4. The van der Waals surface area contributed by atoms with Crippen molar-refractivity contribution >= 4 is 5.97 Å². The van der Waals surface area contributed by atoms with Crippen molar-refractivity contribution in [3.63, 3.8) is 0 Å². The summed E-state index contributed by atoms with van der Waals surface area (Å²) < 4.78 is 10.7. The minimum atomic E-state index is -0.252. The molecule has 0 saturated heterocycles. The number of carbonyl (C=O) groups excluding carboxylic acids is 1. The minimum absolute atomic E-state index is 0.0377. The molecule has 1 aromatic rings. The van der Waals surface area contributed by atoms with Crippen LogP contribution >= 0.6 is 0 Å². The number of benzene rings is 1. The molecule has 0 heterocycles. The van der Waals surface area contributed by atoms with Gasteiger partial charge in [-0.2, -0.15) is 0 Å². The summed E-state index contributed by atoms with van der Waals surface area (Å²) in [6, 6.07) is 4.58. The fourth-order valence-electron chi connectivity index (χ4n) is 3.69. The van der Waals surface area contributed by atoms with E-state index in [1.54, 1.807) is 6.07 Å². The van der Waals surface area contributed by atoms with Gasteiger partial charge in [-0.1, -0.05) is 96.8 Å². The summed E-state index contributed by atoms with van der Waals surface area (Å²) >= 11 is 0. The van der Waals surface area contributed by atoms with E-state index in [9.17, 15) is 9.90 Å². The van der Waals surface area contributed by atoms with E-state index in [4.69, 9.17) is 9.47 Å². The minimum Gasteiger partial charge on any atom is -0.508 e. The number of ether oxygens (including phenoxy) is 2. The van der Waals surface area contributed by atoms with Crippen molar-refractivity contribution in [3.05, 3.63) is 18.2 Å². The molecule has 0 aliphatic heterocycles. The second-order valence-corrected chi connectivity index (χ2v) is 8.27. The first-order chi connectivity index (χ1) is 14.7. The Labute approximate surface area is 184 Å².